The van der Waals surface area contributed by atoms with Crippen LogP contribution in [0.3, 0.4) is 0 Å². The zero-order valence-corrected chi connectivity index (χ0v) is 19.6. The van der Waals surface area contributed by atoms with Crippen molar-refractivity contribution in [3.8, 4) is 23.0 Å². The fraction of sp³-hybridized carbons (Fsp3) is 0.148. The predicted molar refractivity (Wildman–Crippen MR) is 137 cm³/mol. The molecule has 3 N–H and O–H groups in total. The maximum atomic E-state index is 12.6. The lowest BCUT2D eigenvalue weighted by Gasteiger charge is -2.13. The van der Waals surface area contributed by atoms with Gasteiger partial charge in [0.2, 0.25) is 11.7 Å². The lowest BCUT2D eigenvalue weighted by molar-refractivity contribution is -0.111. The number of hydrogen-bond donors (Lipinski definition) is 2. The summed E-state index contributed by atoms with van der Waals surface area (Å²) in [6.07, 6.45) is 6.92. The van der Waals surface area contributed by atoms with Crippen LogP contribution < -0.4 is 30.0 Å². The van der Waals surface area contributed by atoms with Crippen LogP contribution >= 0.6 is 0 Å². The van der Waals surface area contributed by atoms with Crippen LogP contribution in [0.2, 0.25) is 0 Å². The van der Waals surface area contributed by atoms with Crippen LogP contribution in [0, 0.1) is 0 Å². The first-order valence-corrected chi connectivity index (χ1v) is 10.5. The lowest BCUT2D eigenvalue weighted by atomic mass is 10.1. The third-order valence-electron chi connectivity index (χ3n) is 5.01. The van der Waals surface area contributed by atoms with Crippen molar-refractivity contribution in [2.45, 2.75) is 0 Å². The average Bonchev–Trinajstić information content (AvgIpc) is 2.86. The summed E-state index contributed by atoms with van der Waals surface area (Å²) in [4.78, 5) is 12.6. The van der Waals surface area contributed by atoms with Gasteiger partial charge in [0, 0.05) is 17.3 Å². The maximum Gasteiger partial charge on any atom is 0.248 e. The van der Waals surface area contributed by atoms with Crippen molar-refractivity contribution in [3.05, 3.63) is 77.4 Å². The Balaban J connectivity index is 1.89. The molecule has 0 unspecified atom stereocenters. The zero-order valence-electron chi connectivity index (χ0n) is 19.6. The van der Waals surface area contributed by atoms with Crippen molar-refractivity contribution in [3.63, 3.8) is 0 Å². The van der Waals surface area contributed by atoms with Gasteiger partial charge >= 0.3 is 0 Å². The fourth-order valence-corrected chi connectivity index (χ4v) is 3.37. The maximum absolute atomic E-state index is 12.6. The largest absolute Gasteiger partial charge is 0.495 e. The molecule has 0 fully saturated rings. The molecule has 0 spiro atoms. The Hall–Kier alpha value is -4.39. The Kier molecular flexibility index (Phi) is 8.18. The number of rotatable bonds is 9. The molecule has 3 aromatic carbocycles. The minimum Gasteiger partial charge on any atom is -0.495 e. The number of ether oxygens (including phenoxy) is 4. The van der Waals surface area contributed by atoms with Crippen LogP contribution in [0.5, 0.6) is 23.0 Å². The molecular formula is C27H28N2O5. The Bertz CT molecular complexity index is 1190. The van der Waals surface area contributed by atoms with E-state index in [1.165, 1.54) is 6.08 Å². The number of anilines is 2. The standard InChI is InChI=1S/C27H28N2O5/c1-31-22-10-6-8-20(13-11-19-16-23(32-2)27(34-4)24(17-19)33-3)26(22)29-25(30)14-12-18-7-5-9-21(28)15-18/h5-17H,28H2,1-4H3,(H,29,30)/b13-11+,14-12+. The van der Waals surface area contributed by atoms with Crippen molar-refractivity contribution in [2.24, 2.45) is 0 Å². The smallest absolute Gasteiger partial charge is 0.248 e. The molecule has 7 heteroatoms. The molecule has 34 heavy (non-hydrogen) atoms. The lowest BCUT2D eigenvalue weighted by Crippen LogP contribution is -2.10. The highest BCUT2D eigenvalue weighted by Gasteiger charge is 2.13. The highest BCUT2D eigenvalue weighted by molar-refractivity contribution is 6.04. The van der Waals surface area contributed by atoms with Gasteiger partial charge in [0.05, 0.1) is 34.1 Å². The van der Waals surface area contributed by atoms with E-state index in [4.69, 9.17) is 24.7 Å². The minimum atomic E-state index is -0.297. The Morgan fingerprint density at radius 2 is 1.44 bits per heavy atom. The molecule has 176 valence electrons. The first-order valence-electron chi connectivity index (χ1n) is 10.5. The average molecular weight is 461 g/mol. The van der Waals surface area contributed by atoms with Gasteiger partial charge in [-0.15, -0.1) is 0 Å². The van der Waals surface area contributed by atoms with Gasteiger partial charge in [-0.2, -0.15) is 0 Å². The molecule has 0 atom stereocenters. The molecule has 1 amide bonds. The third-order valence-corrected chi connectivity index (χ3v) is 5.01. The summed E-state index contributed by atoms with van der Waals surface area (Å²) >= 11 is 0. The van der Waals surface area contributed by atoms with Crippen molar-refractivity contribution in [2.75, 3.05) is 39.5 Å². The van der Waals surface area contributed by atoms with E-state index in [1.807, 2.05) is 48.6 Å². The molecule has 0 aliphatic heterocycles. The molecule has 0 aliphatic rings. The number of para-hydroxylation sites is 1. The van der Waals surface area contributed by atoms with E-state index in [-0.39, 0.29) is 5.91 Å². The summed E-state index contributed by atoms with van der Waals surface area (Å²) in [5, 5.41) is 2.91. The number of nitrogen functional groups attached to an aromatic ring is 1. The number of amides is 1. The third kappa shape index (κ3) is 5.89. The summed E-state index contributed by atoms with van der Waals surface area (Å²) in [7, 11) is 6.25. The summed E-state index contributed by atoms with van der Waals surface area (Å²) in [5.41, 5.74) is 9.41. The van der Waals surface area contributed by atoms with E-state index in [9.17, 15) is 4.79 Å². The summed E-state index contributed by atoms with van der Waals surface area (Å²) in [6, 6.07) is 16.5. The molecule has 0 bridgehead atoms. The van der Waals surface area contributed by atoms with Crippen LogP contribution in [0.15, 0.2) is 60.7 Å². The number of nitrogens with two attached hydrogens (primary N) is 1. The zero-order chi connectivity index (χ0) is 24.5. The molecule has 0 saturated carbocycles. The van der Waals surface area contributed by atoms with Crippen LogP contribution in [-0.2, 0) is 4.79 Å². The summed E-state index contributed by atoms with van der Waals surface area (Å²) in [5.74, 6) is 1.86. The number of carbonyl (C=O) groups excluding carboxylic acids is 1. The Morgan fingerprint density at radius 3 is 2.06 bits per heavy atom. The van der Waals surface area contributed by atoms with Crippen LogP contribution in [0.25, 0.3) is 18.2 Å². The first kappa shape index (κ1) is 24.3. The number of methoxy groups -OCH3 is 4. The predicted octanol–water partition coefficient (Wildman–Crippen LogP) is 5.13. The van der Waals surface area contributed by atoms with E-state index in [1.54, 1.807) is 52.7 Å². The normalized spacial score (nSPS) is 10.9. The van der Waals surface area contributed by atoms with Gasteiger partial charge in [-0.05, 0) is 47.5 Å². The molecule has 3 aromatic rings. The van der Waals surface area contributed by atoms with Gasteiger partial charge in [0.1, 0.15) is 5.75 Å². The van der Waals surface area contributed by atoms with Crippen molar-refractivity contribution in [1.29, 1.82) is 0 Å². The number of carbonyl (C=O) groups is 1. The second-order valence-electron chi connectivity index (χ2n) is 7.21. The number of benzene rings is 3. The second-order valence-corrected chi connectivity index (χ2v) is 7.21. The van der Waals surface area contributed by atoms with E-state index >= 15 is 0 Å². The van der Waals surface area contributed by atoms with E-state index in [0.29, 0.717) is 34.4 Å². The molecule has 0 radical (unpaired) electrons. The highest BCUT2D eigenvalue weighted by atomic mass is 16.5. The molecule has 0 heterocycles. The fourth-order valence-electron chi connectivity index (χ4n) is 3.37. The van der Waals surface area contributed by atoms with Crippen LogP contribution in [-0.4, -0.2) is 34.3 Å². The molecule has 0 aliphatic carbocycles. The number of nitrogens with one attached hydrogen (secondary N) is 1. The van der Waals surface area contributed by atoms with Gasteiger partial charge in [0.25, 0.3) is 0 Å². The topological polar surface area (TPSA) is 92.0 Å². The molecule has 7 nitrogen and oxygen atoms in total. The number of hydrogen-bond acceptors (Lipinski definition) is 6. The van der Waals surface area contributed by atoms with E-state index < -0.39 is 0 Å². The molecular weight excluding hydrogens is 432 g/mol. The molecule has 0 aromatic heterocycles. The molecule has 3 rings (SSSR count). The Labute approximate surface area is 199 Å². The summed E-state index contributed by atoms with van der Waals surface area (Å²) in [6.45, 7) is 0. The SMILES string of the molecule is COc1cccc(/C=C/c2cc(OC)c(OC)c(OC)c2)c1NC(=O)/C=C/c1cccc(N)c1. The Morgan fingerprint density at radius 1 is 0.765 bits per heavy atom. The van der Waals surface area contributed by atoms with Gasteiger partial charge in [-0.3, -0.25) is 4.79 Å². The van der Waals surface area contributed by atoms with Crippen LogP contribution in [0.4, 0.5) is 11.4 Å². The highest BCUT2D eigenvalue weighted by Crippen LogP contribution is 2.39. The van der Waals surface area contributed by atoms with Crippen LogP contribution in [0.1, 0.15) is 16.7 Å². The molecule has 0 saturated heterocycles. The van der Waals surface area contributed by atoms with E-state index in [0.717, 1.165) is 16.7 Å². The van der Waals surface area contributed by atoms with Gasteiger partial charge < -0.3 is 30.0 Å². The van der Waals surface area contributed by atoms with Gasteiger partial charge in [0.15, 0.2) is 11.5 Å². The van der Waals surface area contributed by atoms with E-state index in [2.05, 4.69) is 5.32 Å². The van der Waals surface area contributed by atoms with Gasteiger partial charge in [-0.1, -0.05) is 36.4 Å². The first-order chi connectivity index (χ1) is 16.5. The van der Waals surface area contributed by atoms with Crippen molar-refractivity contribution < 1.29 is 23.7 Å². The quantitative estimate of drug-likeness (QED) is 0.261. The monoisotopic (exact) mass is 460 g/mol. The second kappa shape index (κ2) is 11.5. The summed E-state index contributed by atoms with van der Waals surface area (Å²) < 4.78 is 21.7. The van der Waals surface area contributed by atoms with Gasteiger partial charge in [-0.25, -0.2) is 0 Å². The van der Waals surface area contributed by atoms with Crippen molar-refractivity contribution in [1.82, 2.24) is 0 Å². The van der Waals surface area contributed by atoms with Crippen molar-refractivity contribution >= 4 is 35.5 Å². The minimum absolute atomic E-state index is 0.297.